The van der Waals surface area contributed by atoms with Crippen LogP contribution in [0.1, 0.15) is 11.5 Å². The molecule has 0 fully saturated rings. The van der Waals surface area contributed by atoms with Gasteiger partial charge in [0.25, 0.3) is 0 Å². The van der Waals surface area contributed by atoms with Crippen molar-refractivity contribution < 1.29 is 21.3 Å². The van der Waals surface area contributed by atoms with E-state index in [0.717, 1.165) is 6.26 Å². The Morgan fingerprint density at radius 3 is 2.33 bits per heavy atom. The Labute approximate surface area is 122 Å². The maximum atomic E-state index is 11.9. The zero-order chi connectivity index (χ0) is 15.5. The molecule has 8 nitrogen and oxygen atoms in total. The smallest absolute Gasteiger partial charge is 0.335 e. The summed E-state index contributed by atoms with van der Waals surface area (Å²) < 4.78 is 53.1. The molecule has 10 heteroatoms. The number of sulfone groups is 1. The number of aromatic nitrogens is 2. The van der Waals surface area contributed by atoms with E-state index in [1.807, 2.05) is 0 Å². The lowest BCUT2D eigenvalue weighted by atomic mass is 10.2. The number of nitrogens with zero attached hydrogens (tertiary/aromatic N) is 2. The molecule has 0 saturated carbocycles. The summed E-state index contributed by atoms with van der Waals surface area (Å²) in [6.07, 6.45) is 0.921. The molecule has 1 aromatic heterocycles. The van der Waals surface area contributed by atoms with E-state index in [9.17, 15) is 16.8 Å². The van der Waals surface area contributed by atoms with Crippen LogP contribution in [0.2, 0.25) is 0 Å². The highest BCUT2D eigenvalue weighted by molar-refractivity contribution is 7.90. The minimum Gasteiger partial charge on any atom is -0.411 e. The van der Waals surface area contributed by atoms with Crippen LogP contribution in [0, 0.1) is 0 Å². The molecule has 21 heavy (non-hydrogen) atoms. The molecule has 0 atom stereocenters. The molecule has 0 bridgehead atoms. The molecule has 0 saturated heterocycles. The maximum absolute atomic E-state index is 11.9. The van der Waals surface area contributed by atoms with Crippen molar-refractivity contribution in [2.24, 2.45) is 0 Å². The third-order valence-corrected chi connectivity index (χ3v) is 4.51. The topological polar surface area (TPSA) is 119 Å². The fourth-order valence-electron chi connectivity index (χ4n) is 1.48. The molecule has 0 spiro atoms. The van der Waals surface area contributed by atoms with E-state index < -0.39 is 25.1 Å². The second-order valence-electron chi connectivity index (χ2n) is 4.30. The van der Waals surface area contributed by atoms with Gasteiger partial charge in [-0.05, 0) is 5.56 Å². The SMILES string of the molecule is CS(=O)(=O)c1nnc(CNS(=O)(=O)Cc2ccccc2)o1. The highest BCUT2D eigenvalue weighted by Crippen LogP contribution is 2.08. The van der Waals surface area contributed by atoms with E-state index in [1.165, 1.54) is 0 Å². The van der Waals surface area contributed by atoms with Gasteiger partial charge < -0.3 is 4.42 Å². The fourth-order valence-corrected chi connectivity index (χ4v) is 2.99. The summed E-state index contributed by atoms with van der Waals surface area (Å²) in [4.78, 5) is 0. The lowest BCUT2D eigenvalue weighted by Crippen LogP contribution is -2.24. The molecular weight excluding hydrogens is 318 g/mol. The second-order valence-corrected chi connectivity index (χ2v) is 8.00. The van der Waals surface area contributed by atoms with Gasteiger partial charge in [0.1, 0.15) is 0 Å². The Hall–Kier alpha value is -1.78. The Kier molecular flexibility index (Phi) is 4.40. The summed E-state index contributed by atoms with van der Waals surface area (Å²) in [5.74, 6) is -0.312. The number of sulfonamides is 1. The van der Waals surface area contributed by atoms with Crippen molar-refractivity contribution in [3.63, 3.8) is 0 Å². The fraction of sp³-hybridized carbons (Fsp3) is 0.273. The first-order chi connectivity index (χ1) is 9.76. The van der Waals surface area contributed by atoms with Crippen molar-refractivity contribution in [2.75, 3.05) is 6.26 Å². The van der Waals surface area contributed by atoms with E-state index in [-0.39, 0.29) is 18.2 Å². The summed E-state index contributed by atoms with van der Waals surface area (Å²) >= 11 is 0. The lowest BCUT2D eigenvalue weighted by Gasteiger charge is -2.04. The lowest BCUT2D eigenvalue weighted by molar-refractivity contribution is 0.394. The molecule has 1 aromatic carbocycles. The molecule has 0 aliphatic carbocycles. The first kappa shape index (κ1) is 15.6. The molecule has 2 aromatic rings. The van der Waals surface area contributed by atoms with Crippen molar-refractivity contribution in [3.8, 4) is 0 Å². The highest BCUT2D eigenvalue weighted by atomic mass is 32.2. The molecule has 114 valence electrons. The van der Waals surface area contributed by atoms with Crippen LogP contribution in [0.15, 0.2) is 40.0 Å². The summed E-state index contributed by atoms with van der Waals surface area (Å²) in [7, 11) is -7.19. The Balaban J connectivity index is 2.00. The second kappa shape index (κ2) is 5.92. The third-order valence-electron chi connectivity index (χ3n) is 2.41. The van der Waals surface area contributed by atoms with Crippen LogP contribution in [0.4, 0.5) is 0 Å². The van der Waals surface area contributed by atoms with E-state index in [4.69, 9.17) is 4.42 Å². The highest BCUT2D eigenvalue weighted by Gasteiger charge is 2.18. The van der Waals surface area contributed by atoms with Gasteiger partial charge in [-0.25, -0.2) is 21.6 Å². The molecule has 0 aliphatic heterocycles. The van der Waals surface area contributed by atoms with Crippen molar-refractivity contribution in [1.29, 1.82) is 0 Å². The molecular formula is C11H13N3O5S2. The van der Waals surface area contributed by atoms with Crippen molar-refractivity contribution in [3.05, 3.63) is 41.8 Å². The molecule has 0 radical (unpaired) electrons. The van der Waals surface area contributed by atoms with E-state index in [2.05, 4.69) is 14.9 Å². The monoisotopic (exact) mass is 331 g/mol. The number of rotatable bonds is 6. The zero-order valence-electron chi connectivity index (χ0n) is 11.1. The van der Waals surface area contributed by atoms with Crippen LogP contribution in [0.25, 0.3) is 0 Å². The molecule has 0 aliphatic rings. The first-order valence-electron chi connectivity index (χ1n) is 5.80. The molecule has 1 heterocycles. The van der Waals surface area contributed by atoms with Gasteiger partial charge >= 0.3 is 5.22 Å². The van der Waals surface area contributed by atoms with E-state index in [0.29, 0.717) is 5.56 Å². The van der Waals surface area contributed by atoms with Crippen LogP contribution >= 0.6 is 0 Å². The number of nitrogens with one attached hydrogen (secondary N) is 1. The van der Waals surface area contributed by atoms with Gasteiger partial charge in [-0.2, -0.15) is 0 Å². The molecule has 0 unspecified atom stereocenters. The largest absolute Gasteiger partial charge is 0.411 e. The van der Waals surface area contributed by atoms with Crippen molar-refractivity contribution >= 4 is 19.9 Å². The van der Waals surface area contributed by atoms with Crippen LogP contribution in [-0.2, 0) is 32.2 Å². The predicted octanol–water partition coefficient (Wildman–Crippen LogP) is 0.0927. The minimum atomic E-state index is -3.60. The Morgan fingerprint density at radius 2 is 1.76 bits per heavy atom. The summed E-state index contributed by atoms with van der Waals surface area (Å²) in [5, 5.41) is 6.26. The van der Waals surface area contributed by atoms with Gasteiger partial charge in [-0.3, -0.25) is 0 Å². The number of benzene rings is 1. The van der Waals surface area contributed by atoms with Gasteiger partial charge in [-0.15, -0.1) is 5.10 Å². The number of hydrogen-bond donors (Lipinski definition) is 1. The average molecular weight is 331 g/mol. The summed E-state index contributed by atoms with van der Waals surface area (Å²) in [5.41, 5.74) is 0.632. The van der Waals surface area contributed by atoms with Crippen LogP contribution < -0.4 is 4.72 Å². The molecule has 1 N–H and O–H groups in total. The third kappa shape index (κ3) is 4.62. The standard InChI is InChI=1S/C11H13N3O5S2/c1-20(15,16)11-14-13-10(19-11)7-12-21(17,18)8-9-5-3-2-4-6-9/h2-6,12H,7-8H2,1H3. The van der Waals surface area contributed by atoms with Gasteiger partial charge in [0.2, 0.25) is 25.8 Å². The van der Waals surface area contributed by atoms with Gasteiger partial charge in [0.15, 0.2) is 0 Å². The summed E-state index contributed by atoms with van der Waals surface area (Å²) in [6, 6.07) is 8.64. The van der Waals surface area contributed by atoms with Crippen LogP contribution in [-0.4, -0.2) is 33.3 Å². The molecule has 2 rings (SSSR count). The first-order valence-corrected chi connectivity index (χ1v) is 9.34. The maximum Gasteiger partial charge on any atom is 0.335 e. The summed E-state index contributed by atoms with van der Waals surface area (Å²) in [6.45, 7) is -0.266. The van der Waals surface area contributed by atoms with Gasteiger partial charge in [0, 0.05) is 6.26 Å². The van der Waals surface area contributed by atoms with Crippen molar-refractivity contribution in [1.82, 2.24) is 14.9 Å². The predicted molar refractivity (Wildman–Crippen MR) is 73.3 cm³/mol. The number of hydrogen-bond acceptors (Lipinski definition) is 7. The zero-order valence-corrected chi connectivity index (χ0v) is 12.7. The van der Waals surface area contributed by atoms with E-state index >= 15 is 0 Å². The van der Waals surface area contributed by atoms with Crippen LogP contribution in [0.3, 0.4) is 0 Å². The Bertz CT molecular complexity index is 813. The minimum absolute atomic E-state index is 0.118. The van der Waals surface area contributed by atoms with Gasteiger partial charge in [0.05, 0.1) is 12.3 Å². The van der Waals surface area contributed by atoms with Gasteiger partial charge in [-0.1, -0.05) is 35.4 Å². The van der Waals surface area contributed by atoms with E-state index in [1.54, 1.807) is 30.3 Å². The average Bonchev–Trinajstić information content (AvgIpc) is 2.86. The van der Waals surface area contributed by atoms with Crippen molar-refractivity contribution in [2.45, 2.75) is 17.5 Å². The van der Waals surface area contributed by atoms with Crippen LogP contribution in [0.5, 0.6) is 0 Å². The normalized spacial score (nSPS) is 12.4. The quantitative estimate of drug-likeness (QED) is 0.796. The molecule has 0 amide bonds. The Morgan fingerprint density at radius 1 is 1.10 bits per heavy atom.